The first-order valence-corrected chi connectivity index (χ1v) is 16.3. The maximum absolute atomic E-state index is 14.1. The maximum Gasteiger partial charge on any atom is 0.256 e. The van der Waals surface area contributed by atoms with Gasteiger partial charge in [-0.2, -0.15) is 0 Å². The van der Waals surface area contributed by atoms with Crippen molar-refractivity contribution in [2.75, 3.05) is 10.6 Å². The van der Waals surface area contributed by atoms with Crippen molar-refractivity contribution in [2.24, 2.45) is 0 Å². The average Bonchev–Trinajstić information content (AvgIpc) is 3.10. The van der Waals surface area contributed by atoms with E-state index in [-0.39, 0.29) is 11.8 Å². The Morgan fingerprint density at radius 2 is 0.939 bits per heavy atom. The van der Waals surface area contributed by atoms with Crippen LogP contribution in [0.3, 0.4) is 0 Å². The minimum absolute atomic E-state index is 0.295. The fourth-order valence-electron chi connectivity index (χ4n) is 6.07. The minimum atomic E-state index is -0.297. The molecule has 5 aromatic carbocycles. The van der Waals surface area contributed by atoms with Gasteiger partial charge in [0.15, 0.2) is 0 Å². The molecule has 0 unspecified atom stereocenters. The zero-order valence-corrected chi connectivity index (χ0v) is 28.2. The second-order valence-corrected chi connectivity index (χ2v) is 12.7. The SMILES string of the molecule is Cc1ccc(NC(=O)c2cc(-c3ccc(C)c(C)c3)nc3ccccc23)c(NC(=O)c2cc(-c3ccc(C)c(C)c3)nc3ccccc23)c1. The number of para-hydroxylation sites is 2. The zero-order chi connectivity index (χ0) is 34.2. The van der Waals surface area contributed by atoms with Crippen molar-refractivity contribution in [3.05, 3.63) is 154 Å². The van der Waals surface area contributed by atoms with Crippen molar-refractivity contribution in [2.45, 2.75) is 34.6 Å². The number of hydrogen-bond acceptors (Lipinski definition) is 4. The fraction of sp³-hybridized carbons (Fsp3) is 0.116. The number of fused-ring (bicyclic) bond motifs is 2. The number of nitrogens with zero attached hydrogens (tertiary/aromatic N) is 2. The van der Waals surface area contributed by atoms with E-state index < -0.39 is 0 Å². The summed E-state index contributed by atoms with van der Waals surface area (Å²) in [7, 11) is 0. The normalized spacial score (nSPS) is 11.1. The van der Waals surface area contributed by atoms with Gasteiger partial charge in [-0.15, -0.1) is 0 Å². The lowest BCUT2D eigenvalue weighted by Crippen LogP contribution is -2.18. The number of carbonyl (C=O) groups is 2. The van der Waals surface area contributed by atoms with Crippen molar-refractivity contribution in [3.8, 4) is 22.5 Å². The number of benzene rings is 5. The summed E-state index contributed by atoms with van der Waals surface area (Å²) in [6.07, 6.45) is 0. The van der Waals surface area contributed by atoms with E-state index in [9.17, 15) is 9.59 Å². The van der Waals surface area contributed by atoms with Gasteiger partial charge in [0, 0.05) is 21.9 Å². The quantitative estimate of drug-likeness (QED) is 0.189. The molecule has 0 radical (unpaired) electrons. The molecule has 0 bridgehead atoms. The number of hydrogen-bond donors (Lipinski definition) is 2. The number of anilines is 2. The Hall–Kier alpha value is -6.14. The number of aromatic nitrogens is 2. The van der Waals surface area contributed by atoms with Crippen molar-refractivity contribution in [1.82, 2.24) is 9.97 Å². The summed E-state index contributed by atoms with van der Waals surface area (Å²) >= 11 is 0. The van der Waals surface area contributed by atoms with Gasteiger partial charge >= 0.3 is 0 Å². The molecule has 7 aromatic rings. The topological polar surface area (TPSA) is 84.0 Å². The minimum Gasteiger partial charge on any atom is -0.320 e. The van der Waals surface area contributed by atoms with Crippen molar-refractivity contribution in [1.29, 1.82) is 0 Å². The van der Waals surface area contributed by atoms with Gasteiger partial charge in [0.05, 0.1) is 44.9 Å². The summed E-state index contributed by atoms with van der Waals surface area (Å²) < 4.78 is 0. The summed E-state index contributed by atoms with van der Waals surface area (Å²) in [5.74, 6) is -0.592. The van der Waals surface area contributed by atoms with Crippen LogP contribution in [0.4, 0.5) is 11.4 Å². The van der Waals surface area contributed by atoms with Crippen LogP contribution in [-0.4, -0.2) is 21.8 Å². The predicted octanol–water partition coefficient (Wildman–Crippen LogP) is 10.2. The van der Waals surface area contributed by atoms with Crippen molar-refractivity contribution < 1.29 is 9.59 Å². The average molecular weight is 641 g/mol. The van der Waals surface area contributed by atoms with Gasteiger partial charge in [0.2, 0.25) is 0 Å². The number of rotatable bonds is 6. The van der Waals surface area contributed by atoms with Gasteiger partial charge in [0.25, 0.3) is 11.8 Å². The van der Waals surface area contributed by atoms with E-state index in [2.05, 4.69) is 62.6 Å². The molecular weight excluding hydrogens is 604 g/mol. The molecule has 0 spiro atoms. The first-order chi connectivity index (χ1) is 23.6. The molecule has 240 valence electrons. The van der Waals surface area contributed by atoms with E-state index >= 15 is 0 Å². The molecule has 49 heavy (non-hydrogen) atoms. The van der Waals surface area contributed by atoms with E-state index in [0.29, 0.717) is 33.9 Å². The molecule has 2 heterocycles. The number of nitrogens with one attached hydrogen (secondary N) is 2. The van der Waals surface area contributed by atoms with Gasteiger partial charge in [-0.25, -0.2) is 9.97 Å². The van der Waals surface area contributed by atoms with Crippen molar-refractivity contribution >= 4 is 45.0 Å². The predicted molar refractivity (Wildman–Crippen MR) is 200 cm³/mol. The zero-order valence-electron chi connectivity index (χ0n) is 28.2. The highest BCUT2D eigenvalue weighted by molar-refractivity contribution is 6.17. The Labute approximate surface area is 285 Å². The first-order valence-electron chi connectivity index (χ1n) is 16.3. The second-order valence-electron chi connectivity index (χ2n) is 12.7. The summed E-state index contributed by atoms with van der Waals surface area (Å²) in [6, 6.07) is 37.0. The monoisotopic (exact) mass is 640 g/mol. The third kappa shape index (κ3) is 6.29. The molecule has 2 amide bonds. The molecule has 0 aliphatic heterocycles. The molecule has 0 fully saturated rings. The van der Waals surface area contributed by atoms with Gasteiger partial charge in [-0.1, -0.05) is 66.7 Å². The Bertz CT molecular complexity index is 2450. The number of aryl methyl sites for hydroxylation is 5. The second kappa shape index (κ2) is 12.8. The lowest BCUT2D eigenvalue weighted by atomic mass is 10.00. The lowest BCUT2D eigenvalue weighted by Gasteiger charge is -2.16. The van der Waals surface area contributed by atoms with Crippen LogP contribution in [0.2, 0.25) is 0 Å². The summed E-state index contributed by atoms with van der Waals surface area (Å²) in [5, 5.41) is 7.69. The standard InChI is InChI=1S/C43H36N4O2/c1-25-14-19-38(46-42(48)34-23-39(30-17-15-26(2)28(4)21-30)44-36-12-8-6-10-32(34)36)41(20-25)47-43(49)35-24-40(31-18-16-27(3)29(5)22-31)45-37-13-9-7-11-33(35)37/h6-24H,1-5H3,(H,46,48)(H,47,49). The van der Waals surface area contributed by atoms with Gasteiger partial charge in [0.1, 0.15) is 0 Å². The molecule has 2 N–H and O–H groups in total. The molecule has 0 aliphatic carbocycles. The molecule has 0 saturated heterocycles. The third-order valence-corrected chi connectivity index (χ3v) is 9.20. The Morgan fingerprint density at radius 1 is 0.469 bits per heavy atom. The molecule has 0 aliphatic rings. The van der Waals surface area contributed by atoms with Crippen LogP contribution in [0.5, 0.6) is 0 Å². The molecule has 2 aromatic heterocycles. The van der Waals surface area contributed by atoms with Crippen LogP contribution >= 0.6 is 0 Å². The molecule has 0 saturated carbocycles. The van der Waals surface area contributed by atoms with Crippen LogP contribution in [0.1, 0.15) is 48.5 Å². The Morgan fingerprint density at radius 3 is 1.43 bits per heavy atom. The van der Waals surface area contributed by atoms with Crippen LogP contribution in [0.15, 0.2) is 115 Å². The van der Waals surface area contributed by atoms with Crippen molar-refractivity contribution in [3.63, 3.8) is 0 Å². The molecule has 0 atom stereocenters. The van der Waals surface area contributed by atoms with Crippen LogP contribution in [-0.2, 0) is 0 Å². The molecule has 7 rings (SSSR count). The molecular formula is C43H36N4O2. The van der Waals surface area contributed by atoms with Crippen LogP contribution in [0.25, 0.3) is 44.3 Å². The van der Waals surface area contributed by atoms with E-state index in [1.807, 2.05) is 97.9 Å². The van der Waals surface area contributed by atoms with Crippen LogP contribution < -0.4 is 10.6 Å². The Balaban J connectivity index is 1.25. The highest BCUT2D eigenvalue weighted by Crippen LogP contribution is 2.31. The van der Waals surface area contributed by atoms with E-state index in [1.165, 1.54) is 11.1 Å². The van der Waals surface area contributed by atoms with Gasteiger partial charge in [-0.05, 0) is 111 Å². The number of carbonyl (C=O) groups excluding carboxylic acids is 2. The fourth-order valence-corrected chi connectivity index (χ4v) is 6.07. The lowest BCUT2D eigenvalue weighted by molar-refractivity contribution is 0.101. The van der Waals surface area contributed by atoms with Gasteiger partial charge in [-0.3, -0.25) is 9.59 Å². The summed E-state index contributed by atoms with van der Waals surface area (Å²) in [6.45, 7) is 10.2. The Kier molecular flexibility index (Phi) is 8.22. The highest BCUT2D eigenvalue weighted by Gasteiger charge is 2.19. The summed E-state index contributed by atoms with van der Waals surface area (Å²) in [4.78, 5) is 38.0. The third-order valence-electron chi connectivity index (χ3n) is 9.20. The summed E-state index contributed by atoms with van der Waals surface area (Å²) in [5.41, 5.74) is 12.4. The highest BCUT2D eigenvalue weighted by atomic mass is 16.2. The number of amides is 2. The maximum atomic E-state index is 14.1. The van der Waals surface area contributed by atoms with Gasteiger partial charge < -0.3 is 10.6 Å². The van der Waals surface area contributed by atoms with E-state index in [1.54, 1.807) is 0 Å². The first kappa shape index (κ1) is 31.5. The largest absolute Gasteiger partial charge is 0.320 e. The molecule has 6 heteroatoms. The van der Waals surface area contributed by atoms with E-state index in [4.69, 9.17) is 9.97 Å². The number of pyridine rings is 2. The van der Waals surface area contributed by atoms with E-state index in [0.717, 1.165) is 49.6 Å². The molecule has 6 nitrogen and oxygen atoms in total. The van der Waals surface area contributed by atoms with Crippen LogP contribution in [0, 0.1) is 34.6 Å². The smallest absolute Gasteiger partial charge is 0.256 e.